The molecule has 3 heteroatoms. The monoisotopic (exact) mass is 620 g/mol. The SMILES string of the molecule is CC1(C)Oc2cc(-c3cc(-c4ccccc4)cc(-c4ccccc4)c3)ccc2-c2cc(-c3ccc4c(c3)oc3ccccc34)ccc2O1. The van der Waals surface area contributed by atoms with Gasteiger partial charge in [-0.25, -0.2) is 0 Å². The van der Waals surface area contributed by atoms with E-state index in [1.54, 1.807) is 0 Å². The van der Waals surface area contributed by atoms with Crippen molar-refractivity contribution in [3.63, 3.8) is 0 Å². The van der Waals surface area contributed by atoms with Crippen molar-refractivity contribution in [1.29, 1.82) is 0 Å². The number of fused-ring (bicyclic) bond motifs is 6. The van der Waals surface area contributed by atoms with Crippen LogP contribution in [0.2, 0.25) is 0 Å². The summed E-state index contributed by atoms with van der Waals surface area (Å²) < 4.78 is 19.3. The van der Waals surface area contributed by atoms with Crippen LogP contribution in [0.1, 0.15) is 13.8 Å². The van der Waals surface area contributed by atoms with Crippen LogP contribution in [0, 0.1) is 0 Å². The molecule has 9 rings (SSSR count). The van der Waals surface area contributed by atoms with Crippen molar-refractivity contribution in [2.75, 3.05) is 0 Å². The minimum Gasteiger partial charge on any atom is -0.456 e. The summed E-state index contributed by atoms with van der Waals surface area (Å²) >= 11 is 0. The van der Waals surface area contributed by atoms with E-state index in [0.29, 0.717) is 0 Å². The third kappa shape index (κ3) is 5.01. The summed E-state index contributed by atoms with van der Waals surface area (Å²) in [5.74, 6) is 0.707. The van der Waals surface area contributed by atoms with Gasteiger partial charge >= 0.3 is 0 Å². The first-order valence-corrected chi connectivity index (χ1v) is 16.3. The van der Waals surface area contributed by atoms with Crippen LogP contribution < -0.4 is 9.47 Å². The summed E-state index contributed by atoms with van der Waals surface area (Å²) in [4.78, 5) is 0. The lowest BCUT2D eigenvalue weighted by Gasteiger charge is -2.26. The molecule has 1 aliphatic heterocycles. The van der Waals surface area contributed by atoms with Crippen LogP contribution in [0.5, 0.6) is 11.5 Å². The molecule has 230 valence electrons. The van der Waals surface area contributed by atoms with Crippen LogP contribution in [-0.2, 0) is 0 Å². The smallest absolute Gasteiger partial charge is 0.245 e. The maximum absolute atomic E-state index is 6.62. The van der Waals surface area contributed by atoms with Crippen LogP contribution in [0.25, 0.3) is 77.6 Å². The quantitative estimate of drug-likeness (QED) is 0.196. The zero-order valence-electron chi connectivity index (χ0n) is 26.7. The molecule has 0 N–H and O–H groups in total. The topological polar surface area (TPSA) is 31.6 Å². The second kappa shape index (κ2) is 11.0. The lowest BCUT2D eigenvalue weighted by Crippen LogP contribution is -2.34. The number of furan rings is 1. The van der Waals surface area contributed by atoms with Crippen molar-refractivity contribution in [3.05, 3.63) is 158 Å². The Bertz CT molecular complexity index is 2410. The Hall–Kier alpha value is -6.06. The van der Waals surface area contributed by atoms with E-state index in [-0.39, 0.29) is 0 Å². The summed E-state index contributed by atoms with van der Waals surface area (Å²) in [5.41, 5.74) is 12.8. The molecule has 2 heterocycles. The maximum Gasteiger partial charge on any atom is 0.245 e. The fourth-order valence-corrected chi connectivity index (χ4v) is 6.86. The molecule has 7 aromatic carbocycles. The normalized spacial score (nSPS) is 13.3. The molecule has 48 heavy (non-hydrogen) atoms. The second-order valence-electron chi connectivity index (χ2n) is 12.9. The minimum absolute atomic E-state index is 0.785. The van der Waals surface area contributed by atoms with Gasteiger partial charge in [-0.2, -0.15) is 0 Å². The van der Waals surface area contributed by atoms with Gasteiger partial charge in [0.2, 0.25) is 5.79 Å². The molecule has 0 atom stereocenters. The van der Waals surface area contributed by atoms with E-state index in [9.17, 15) is 0 Å². The molecular weight excluding hydrogens is 588 g/mol. The third-order valence-electron chi connectivity index (χ3n) is 9.16. The highest BCUT2D eigenvalue weighted by molar-refractivity contribution is 6.06. The van der Waals surface area contributed by atoms with Crippen molar-refractivity contribution in [2.45, 2.75) is 19.6 Å². The number of para-hydroxylation sites is 1. The van der Waals surface area contributed by atoms with Gasteiger partial charge in [-0.15, -0.1) is 0 Å². The minimum atomic E-state index is -0.867. The molecule has 0 bridgehead atoms. The van der Waals surface area contributed by atoms with Gasteiger partial charge in [0.25, 0.3) is 0 Å². The van der Waals surface area contributed by atoms with Gasteiger partial charge in [-0.1, -0.05) is 97.1 Å². The second-order valence-corrected chi connectivity index (χ2v) is 12.9. The molecule has 8 aromatic rings. The Balaban J connectivity index is 1.16. The van der Waals surface area contributed by atoms with E-state index >= 15 is 0 Å². The number of hydrogen-bond donors (Lipinski definition) is 0. The van der Waals surface area contributed by atoms with Crippen LogP contribution in [0.4, 0.5) is 0 Å². The highest BCUT2D eigenvalue weighted by atomic mass is 16.7. The predicted molar refractivity (Wildman–Crippen MR) is 196 cm³/mol. The first kappa shape index (κ1) is 28.2. The van der Waals surface area contributed by atoms with E-state index < -0.39 is 5.79 Å². The fraction of sp³-hybridized carbons (Fsp3) is 0.0667. The van der Waals surface area contributed by atoms with Crippen LogP contribution in [0.15, 0.2) is 162 Å². The molecule has 3 nitrogen and oxygen atoms in total. The molecule has 1 aliphatic rings. The Morgan fingerprint density at radius 1 is 0.354 bits per heavy atom. The average molecular weight is 621 g/mol. The first-order chi connectivity index (χ1) is 23.5. The third-order valence-corrected chi connectivity index (χ3v) is 9.16. The molecule has 0 saturated heterocycles. The molecule has 0 radical (unpaired) electrons. The average Bonchev–Trinajstić information content (AvgIpc) is 3.44. The van der Waals surface area contributed by atoms with E-state index in [0.717, 1.165) is 66.8 Å². The van der Waals surface area contributed by atoms with Crippen LogP contribution in [0.3, 0.4) is 0 Å². The molecule has 0 aliphatic carbocycles. The van der Waals surface area contributed by atoms with Gasteiger partial charge in [-0.05, 0) is 105 Å². The maximum atomic E-state index is 6.62. The number of benzene rings is 7. The molecular formula is C45H32O3. The van der Waals surface area contributed by atoms with Crippen molar-refractivity contribution in [2.24, 2.45) is 0 Å². The van der Waals surface area contributed by atoms with Gasteiger partial charge in [0.1, 0.15) is 22.7 Å². The Labute approximate surface area is 279 Å². The Kier molecular flexibility index (Phi) is 6.48. The molecule has 0 amide bonds. The largest absolute Gasteiger partial charge is 0.456 e. The first-order valence-electron chi connectivity index (χ1n) is 16.3. The summed E-state index contributed by atoms with van der Waals surface area (Å²) in [7, 11) is 0. The lowest BCUT2D eigenvalue weighted by atomic mass is 9.92. The van der Waals surface area contributed by atoms with Gasteiger partial charge in [0.05, 0.1) is 0 Å². The highest BCUT2D eigenvalue weighted by Gasteiger charge is 2.30. The lowest BCUT2D eigenvalue weighted by molar-refractivity contribution is -0.0778. The number of rotatable bonds is 4. The number of hydrogen-bond acceptors (Lipinski definition) is 3. The van der Waals surface area contributed by atoms with Crippen molar-refractivity contribution < 1.29 is 13.9 Å². The fourth-order valence-electron chi connectivity index (χ4n) is 6.86. The summed E-state index contributed by atoms with van der Waals surface area (Å²) in [6.45, 7) is 3.93. The molecule has 0 fully saturated rings. The zero-order valence-corrected chi connectivity index (χ0v) is 26.7. The van der Waals surface area contributed by atoms with Crippen LogP contribution in [-0.4, -0.2) is 5.79 Å². The number of ether oxygens (including phenoxy) is 2. The summed E-state index contributed by atoms with van der Waals surface area (Å²) in [5, 5.41) is 2.25. The van der Waals surface area contributed by atoms with Crippen molar-refractivity contribution in [1.82, 2.24) is 0 Å². The molecule has 1 aromatic heterocycles. The predicted octanol–water partition coefficient (Wildman–Crippen LogP) is 12.4. The Morgan fingerprint density at radius 3 is 1.62 bits per heavy atom. The Morgan fingerprint density at radius 2 is 0.896 bits per heavy atom. The van der Waals surface area contributed by atoms with E-state index in [4.69, 9.17) is 13.9 Å². The van der Waals surface area contributed by atoms with Gasteiger partial charge < -0.3 is 13.9 Å². The molecule has 0 saturated carbocycles. The standard InChI is InChI=1S/C45H32O3/c1-45(2)47-42-22-19-31(32-17-20-38-37-15-9-10-16-41(37)46-43(38)27-32)26-40(42)39-21-18-33(28-44(39)48-45)36-24-34(29-11-5-3-6-12-29)23-35(25-36)30-13-7-4-8-14-30/h3-28H,1-2H3. The highest BCUT2D eigenvalue weighted by Crippen LogP contribution is 2.46. The van der Waals surface area contributed by atoms with Crippen molar-refractivity contribution >= 4 is 21.9 Å². The van der Waals surface area contributed by atoms with Gasteiger partial charge in [0.15, 0.2) is 0 Å². The summed E-state index contributed by atoms with van der Waals surface area (Å²) in [6, 6.07) is 55.4. The van der Waals surface area contributed by atoms with E-state index in [1.165, 1.54) is 22.3 Å². The summed E-state index contributed by atoms with van der Waals surface area (Å²) in [6.07, 6.45) is 0. The molecule has 0 spiro atoms. The van der Waals surface area contributed by atoms with Gasteiger partial charge in [0, 0.05) is 35.7 Å². The zero-order chi connectivity index (χ0) is 32.2. The van der Waals surface area contributed by atoms with E-state index in [1.807, 2.05) is 32.0 Å². The molecule has 0 unspecified atom stereocenters. The van der Waals surface area contributed by atoms with Gasteiger partial charge in [-0.3, -0.25) is 0 Å². The van der Waals surface area contributed by atoms with Crippen LogP contribution >= 0.6 is 0 Å². The van der Waals surface area contributed by atoms with Crippen molar-refractivity contribution in [3.8, 4) is 67.1 Å². The van der Waals surface area contributed by atoms with E-state index in [2.05, 4.69) is 140 Å².